The lowest BCUT2D eigenvalue weighted by atomic mass is 10.2. The number of carbonyl (C=O) groups is 1. The van der Waals surface area contributed by atoms with Crippen molar-refractivity contribution < 1.29 is 4.79 Å². The van der Waals surface area contributed by atoms with Gasteiger partial charge in [-0.05, 0) is 25.0 Å². The Morgan fingerprint density at radius 2 is 2.14 bits per heavy atom. The summed E-state index contributed by atoms with van der Waals surface area (Å²) >= 11 is 0. The topological polar surface area (TPSA) is 75.9 Å². The quantitative estimate of drug-likeness (QED) is 0.866. The van der Waals surface area contributed by atoms with E-state index in [0.717, 1.165) is 25.9 Å². The Morgan fingerprint density at radius 1 is 1.27 bits per heavy atom. The van der Waals surface area contributed by atoms with Gasteiger partial charge in [-0.25, -0.2) is 9.97 Å². The maximum Gasteiger partial charge on any atom is 0.224 e. The van der Waals surface area contributed by atoms with Gasteiger partial charge < -0.3 is 10.2 Å². The zero-order valence-electron chi connectivity index (χ0n) is 12.4. The molecule has 2 aromatic heterocycles. The van der Waals surface area contributed by atoms with Crippen molar-refractivity contribution in [2.24, 2.45) is 0 Å². The van der Waals surface area contributed by atoms with Crippen molar-refractivity contribution in [1.82, 2.24) is 24.6 Å². The summed E-state index contributed by atoms with van der Waals surface area (Å²) in [6.07, 6.45) is 9.62. The number of likely N-dealkylation sites (tertiary alicyclic amines) is 1. The van der Waals surface area contributed by atoms with Crippen LogP contribution in [0.2, 0.25) is 0 Å². The van der Waals surface area contributed by atoms with Crippen LogP contribution in [0.3, 0.4) is 0 Å². The summed E-state index contributed by atoms with van der Waals surface area (Å²) < 4.78 is 1.90. The smallest absolute Gasteiger partial charge is 0.224 e. The fourth-order valence-corrected chi connectivity index (χ4v) is 2.79. The number of aromatic nitrogens is 4. The highest BCUT2D eigenvalue weighted by molar-refractivity contribution is 5.77. The molecule has 1 aliphatic heterocycles. The summed E-state index contributed by atoms with van der Waals surface area (Å²) in [6.45, 7) is 2.16. The van der Waals surface area contributed by atoms with Gasteiger partial charge in [0.15, 0.2) is 0 Å². The van der Waals surface area contributed by atoms with E-state index in [1.54, 1.807) is 24.7 Å². The molecule has 0 bridgehead atoms. The highest BCUT2D eigenvalue weighted by Crippen LogP contribution is 2.19. The van der Waals surface area contributed by atoms with Crippen molar-refractivity contribution >= 4 is 11.9 Å². The SMILES string of the molecule is O=C(CCNc1ncccn1)N1CCCC1Cn1cccn1. The number of rotatable bonds is 6. The Kier molecular flexibility index (Phi) is 4.62. The van der Waals surface area contributed by atoms with Crippen LogP contribution in [0, 0.1) is 0 Å². The summed E-state index contributed by atoms with van der Waals surface area (Å²) in [6, 6.07) is 3.92. The van der Waals surface area contributed by atoms with Crippen LogP contribution in [0.1, 0.15) is 19.3 Å². The first kappa shape index (κ1) is 14.5. The molecule has 1 amide bonds. The number of carbonyl (C=O) groups excluding carboxylic acids is 1. The highest BCUT2D eigenvalue weighted by Gasteiger charge is 2.28. The first-order chi connectivity index (χ1) is 10.8. The minimum absolute atomic E-state index is 0.179. The third kappa shape index (κ3) is 3.60. The third-order valence-electron chi connectivity index (χ3n) is 3.84. The van der Waals surface area contributed by atoms with E-state index in [2.05, 4.69) is 20.4 Å². The van der Waals surface area contributed by atoms with Crippen molar-refractivity contribution in [2.75, 3.05) is 18.4 Å². The van der Waals surface area contributed by atoms with E-state index in [1.165, 1.54) is 0 Å². The zero-order valence-corrected chi connectivity index (χ0v) is 12.4. The van der Waals surface area contributed by atoms with Gasteiger partial charge in [0.05, 0.1) is 12.6 Å². The van der Waals surface area contributed by atoms with E-state index in [0.29, 0.717) is 18.9 Å². The van der Waals surface area contributed by atoms with Crippen LogP contribution in [0.5, 0.6) is 0 Å². The molecule has 3 heterocycles. The average Bonchev–Trinajstić information content (AvgIpc) is 3.20. The number of nitrogens with zero attached hydrogens (tertiary/aromatic N) is 5. The van der Waals surface area contributed by atoms with Gasteiger partial charge >= 0.3 is 0 Å². The second-order valence-corrected chi connectivity index (χ2v) is 5.36. The molecule has 22 heavy (non-hydrogen) atoms. The summed E-state index contributed by atoms with van der Waals surface area (Å²) in [5, 5.41) is 7.30. The van der Waals surface area contributed by atoms with Gasteiger partial charge in [0.1, 0.15) is 0 Å². The Hall–Kier alpha value is -2.44. The second kappa shape index (κ2) is 7.02. The number of hydrogen-bond acceptors (Lipinski definition) is 5. The van der Waals surface area contributed by atoms with E-state index in [9.17, 15) is 4.79 Å². The van der Waals surface area contributed by atoms with Crippen molar-refractivity contribution in [2.45, 2.75) is 31.8 Å². The normalized spacial score (nSPS) is 17.6. The molecule has 1 saturated heterocycles. The minimum atomic E-state index is 0.179. The average molecular weight is 300 g/mol. The van der Waals surface area contributed by atoms with E-state index in [1.807, 2.05) is 21.8 Å². The standard InChI is InChI=1S/C15H20N6O/c22-14(5-9-18-15-16-6-2-7-17-15)21-11-1-4-13(21)12-20-10-3-8-19-20/h2-3,6-8,10,13H,1,4-5,9,11-12H2,(H,16,17,18). The third-order valence-corrected chi connectivity index (χ3v) is 3.84. The van der Waals surface area contributed by atoms with Gasteiger partial charge in [-0.2, -0.15) is 5.10 Å². The molecular formula is C15H20N6O. The summed E-state index contributed by atoms with van der Waals surface area (Å²) in [5.74, 6) is 0.739. The molecule has 0 saturated carbocycles. The lowest BCUT2D eigenvalue weighted by molar-refractivity contribution is -0.131. The molecule has 0 aliphatic carbocycles. The molecule has 7 nitrogen and oxygen atoms in total. The Labute approximate surface area is 129 Å². The first-order valence-electron chi connectivity index (χ1n) is 7.61. The Balaban J connectivity index is 1.48. The molecule has 1 unspecified atom stereocenters. The van der Waals surface area contributed by atoms with Gasteiger partial charge in [-0.1, -0.05) is 0 Å². The van der Waals surface area contributed by atoms with Crippen molar-refractivity contribution in [1.29, 1.82) is 0 Å². The number of hydrogen-bond donors (Lipinski definition) is 1. The maximum atomic E-state index is 12.4. The lowest BCUT2D eigenvalue weighted by Gasteiger charge is -2.24. The number of anilines is 1. The van der Waals surface area contributed by atoms with Gasteiger partial charge in [0.2, 0.25) is 11.9 Å². The van der Waals surface area contributed by atoms with Crippen LogP contribution in [-0.2, 0) is 11.3 Å². The van der Waals surface area contributed by atoms with Crippen LogP contribution < -0.4 is 5.32 Å². The zero-order chi connectivity index (χ0) is 15.2. The molecule has 1 N–H and O–H groups in total. The molecule has 2 aromatic rings. The summed E-state index contributed by atoms with van der Waals surface area (Å²) in [4.78, 5) is 22.5. The van der Waals surface area contributed by atoms with Crippen LogP contribution in [0.4, 0.5) is 5.95 Å². The van der Waals surface area contributed by atoms with Crippen LogP contribution in [0.15, 0.2) is 36.9 Å². The van der Waals surface area contributed by atoms with E-state index in [-0.39, 0.29) is 11.9 Å². The predicted octanol–water partition coefficient (Wildman–Crippen LogP) is 1.17. The summed E-state index contributed by atoms with van der Waals surface area (Å²) in [7, 11) is 0. The van der Waals surface area contributed by atoms with Gasteiger partial charge in [-0.3, -0.25) is 9.48 Å². The van der Waals surface area contributed by atoms with Crippen molar-refractivity contribution in [3.63, 3.8) is 0 Å². The first-order valence-corrected chi connectivity index (χ1v) is 7.61. The fourth-order valence-electron chi connectivity index (χ4n) is 2.79. The molecule has 116 valence electrons. The molecule has 3 rings (SSSR count). The highest BCUT2D eigenvalue weighted by atomic mass is 16.2. The second-order valence-electron chi connectivity index (χ2n) is 5.36. The minimum Gasteiger partial charge on any atom is -0.354 e. The van der Waals surface area contributed by atoms with E-state index in [4.69, 9.17) is 0 Å². The molecular weight excluding hydrogens is 280 g/mol. The Morgan fingerprint density at radius 3 is 2.91 bits per heavy atom. The van der Waals surface area contributed by atoms with Gasteiger partial charge in [0, 0.05) is 44.3 Å². The van der Waals surface area contributed by atoms with Gasteiger partial charge in [-0.15, -0.1) is 0 Å². The van der Waals surface area contributed by atoms with Crippen LogP contribution >= 0.6 is 0 Å². The van der Waals surface area contributed by atoms with E-state index >= 15 is 0 Å². The molecule has 1 atom stereocenters. The van der Waals surface area contributed by atoms with E-state index < -0.39 is 0 Å². The number of nitrogens with one attached hydrogen (secondary N) is 1. The van der Waals surface area contributed by atoms with Crippen LogP contribution in [-0.4, -0.2) is 49.7 Å². The maximum absolute atomic E-state index is 12.4. The molecule has 0 spiro atoms. The largest absolute Gasteiger partial charge is 0.354 e. The molecule has 0 aromatic carbocycles. The van der Waals surface area contributed by atoms with Crippen LogP contribution in [0.25, 0.3) is 0 Å². The molecule has 0 radical (unpaired) electrons. The lowest BCUT2D eigenvalue weighted by Crippen LogP contribution is -2.38. The van der Waals surface area contributed by atoms with Crippen molar-refractivity contribution in [3.05, 3.63) is 36.9 Å². The molecule has 1 fully saturated rings. The molecule has 1 aliphatic rings. The monoisotopic (exact) mass is 300 g/mol. The fraction of sp³-hybridized carbons (Fsp3) is 0.467. The van der Waals surface area contributed by atoms with Gasteiger partial charge in [0.25, 0.3) is 0 Å². The number of amides is 1. The van der Waals surface area contributed by atoms with Crippen molar-refractivity contribution in [3.8, 4) is 0 Å². The molecule has 7 heteroatoms. The Bertz CT molecular complexity index is 585. The predicted molar refractivity (Wildman–Crippen MR) is 82.1 cm³/mol. The summed E-state index contributed by atoms with van der Waals surface area (Å²) in [5.41, 5.74) is 0.